The third-order valence-electron chi connectivity index (χ3n) is 2.26. The van der Waals surface area contributed by atoms with Gasteiger partial charge in [0, 0.05) is 0 Å². The Kier molecular flexibility index (Phi) is 3.61. The molecule has 1 aromatic heterocycles. The predicted octanol–water partition coefficient (Wildman–Crippen LogP) is 1.83. The number of carbonyl (C=O) groups excluding carboxylic acids is 1. The first-order valence-corrected chi connectivity index (χ1v) is 6.97. The van der Waals surface area contributed by atoms with E-state index in [0.717, 1.165) is 0 Å². The molecule has 0 aliphatic carbocycles. The summed E-state index contributed by atoms with van der Waals surface area (Å²) in [5.41, 5.74) is 0.134. The Morgan fingerprint density at radius 3 is 2.63 bits per heavy atom. The monoisotopic (exact) mass is 300 g/mol. The number of anilines is 1. The van der Waals surface area contributed by atoms with E-state index in [-0.39, 0.29) is 21.4 Å². The third kappa shape index (κ3) is 3.14. The molecule has 0 fully saturated rings. The second-order valence-electron chi connectivity index (χ2n) is 3.62. The standard InChI is InChI=1S/C11H9ClN2O4S/c12-8-4-3-7(19(13,16)17)6-9(8)14-11(15)10-2-1-5-18-10/h1-6H,(H,14,15)(H2,13,16,17). The lowest BCUT2D eigenvalue weighted by Crippen LogP contribution is -2.14. The fourth-order valence-corrected chi connectivity index (χ4v) is 2.07. The van der Waals surface area contributed by atoms with Crippen molar-refractivity contribution >= 4 is 33.2 Å². The molecule has 8 heteroatoms. The molecule has 100 valence electrons. The van der Waals surface area contributed by atoms with Crippen molar-refractivity contribution in [3.63, 3.8) is 0 Å². The van der Waals surface area contributed by atoms with E-state index in [9.17, 15) is 13.2 Å². The van der Waals surface area contributed by atoms with Crippen LogP contribution in [-0.4, -0.2) is 14.3 Å². The van der Waals surface area contributed by atoms with E-state index in [2.05, 4.69) is 5.32 Å². The molecule has 2 aromatic rings. The summed E-state index contributed by atoms with van der Waals surface area (Å²) < 4.78 is 27.3. The van der Waals surface area contributed by atoms with Gasteiger partial charge in [-0.25, -0.2) is 13.6 Å². The van der Waals surface area contributed by atoms with Gasteiger partial charge in [-0.2, -0.15) is 0 Å². The zero-order chi connectivity index (χ0) is 14.0. The molecule has 6 nitrogen and oxygen atoms in total. The van der Waals surface area contributed by atoms with Gasteiger partial charge >= 0.3 is 0 Å². The van der Waals surface area contributed by atoms with E-state index >= 15 is 0 Å². The van der Waals surface area contributed by atoms with E-state index < -0.39 is 15.9 Å². The van der Waals surface area contributed by atoms with E-state index in [1.807, 2.05) is 0 Å². The Morgan fingerprint density at radius 1 is 1.32 bits per heavy atom. The molecule has 0 unspecified atom stereocenters. The lowest BCUT2D eigenvalue weighted by atomic mass is 10.3. The van der Waals surface area contributed by atoms with Crippen molar-refractivity contribution in [3.8, 4) is 0 Å². The molecule has 1 aromatic carbocycles. The van der Waals surface area contributed by atoms with Crippen LogP contribution < -0.4 is 10.5 Å². The van der Waals surface area contributed by atoms with Crippen LogP contribution in [-0.2, 0) is 10.0 Å². The third-order valence-corrected chi connectivity index (χ3v) is 3.50. The van der Waals surface area contributed by atoms with Gasteiger partial charge in [-0.3, -0.25) is 4.79 Å². The second-order valence-corrected chi connectivity index (χ2v) is 5.59. The number of primary sulfonamides is 1. The van der Waals surface area contributed by atoms with Gasteiger partial charge in [0.1, 0.15) is 0 Å². The molecule has 0 atom stereocenters. The summed E-state index contributed by atoms with van der Waals surface area (Å²) in [6.07, 6.45) is 1.34. The lowest BCUT2D eigenvalue weighted by Gasteiger charge is -2.07. The quantitative estimate of drug-likeness (QED) is 0.902. The second kappa shape index (κ2) is 5.04. The number of furan rings is 1. The average Bonchev–Trinajstić information content (AvgIpc) is 2.84. The number of hydrogen-bond donors (Lipinski definition) is 2. The van der Waals surface area contributed by atoms with Crippen LogP contribution in [0.15, 0.2) is 45.9 Å². The SMILES string of the molecule is NS(=O)(=O)c1ccc(Cl)c(NC(=O)c2ccco2)c1. The number of benzene rings is 1. The summed E-state index contributed by atoms with van der Waals surface area (Å²) in [5.74, 6) is -0.462. The Balaban J connectivity index is 2.32. The molecule has 2 rings (SSSR count). The molecule has 1 amide bonds. The molecule has 19 heavy (non-hydrogen) atoms. The minimum atomic E-state index is -3.87. The average molecular weight is 301 g/mol. The molecular formula is C11H9ClN2O4S. The van der Waals surface area contributed by atoms with Crippen molar-refractivity contribution in [2.75, 3.05) is 5.32 Å². The topological polar surface area (TPSA) is 102 Å². The van der Waals surface area contributed by atoms with Crippen molar-refractivity contribution in [1.29, 1.82) is 0 Å². The molecular weight excluding hydrogens is 292 g/mol. The molecule has 0 saturated carbocycles. The van der Waals surface area contributed by atoms with Gasteiger partial charge in [0.05, 0.1) is 21.9 Å². The number of nitrogens with one attached hydrogen (secondary N) is 1. The highest BCUT2D eigenvalue weighted by Gasteiger charge is 2.14. The number of carbonyl (C=O) groups is 1. The van der Waals surface area contributed by atoms with Gasteiger partial charge in [-0.1, -0.05) is 11.6 Å². The van der Waals surface area contributed by atoms with Crippen molar-refractivity contribution < 1.29 is 17.6 Å². The van der Waals surface area contributed by atoms with Gasteiger partial charge in [0.25, 0.3) is 5.91 Å². The van der Waals surface area contributed by atoms with Crippen molar-refractivity contribution in [2.45, 2.75) is 4.90 Å². The van der Waals surface area contributed by atoms with Crippen LogP contribution in [0.5, 0.6) is 0 Å². The smallest absolute Gasteiger partial charge is 0.291 e. The lowest BCUT2D eigenvalue weighted by molar-refractivity contribution is 0.0996. The number of rotatable bonds is 3. The van der Waals surface area contributed by atoms with Gasteiger partial charge in [0.2, 0.25) is 10.0 Å². The summed E-state index contributed by atoms with van der Waals surface area (Å²) in [6.45, 7) is 0. The fourth-order valence-electron chi connectivity index (χ4n) is 1.37. The minimum absolute atomic E-state index is 0.0806. The first-order chi connectivity index (χ1) is 8.88. The maximum Gasteiger partial charge on any atom is 0.291 e. The summed E-state index contributed by atoms with van der Waals surface area (Å²) in [5, 5.41) is 7.63. The van der Waals surface area contributed by atoms with Gasteiger partial charge < -0.3 is 9.73 Å². The highest BCUT2D eigenvalue weighted by molar-refractivity contribution is 7.89. The van der Waals surface area contributed by atoms with Crippen molar-refractivity contribution in [1.82, 2.24) is 0 Å². The predicted molar refractivity (Wildman–Crippen MR) is 69.5 cm³/mol. The molecule has 1 heterocycles. The highest BCUT2D eigenvalue weighted by Crippen LogP contribution is 2.25. The molecule has 0 radical (unpaired) electrons. The summed E-state index contributed by atoms with van der Waals surface area (Å²) in [7, 11) is -3.87. The summed E-state index contributed by atoms with van der Waals surface area (Å²) in [4.78, 5) is 11.6. The van der Waals surface area contributed by atoms with E-state index in [1.54, 1.807) is 6.07 Å². The largest absolute Gasteiger partial charge is 0.459 e. The fraction of sp³-hybridized carbons (Fsp3) is 0. The zero-order valence-corrected chi connectivity index (χ0v) is 11.0. The first-order valence-electron chi connectivity index (χ1n) is 5.05. The summed E-state index contributed by atoms with van der Waals surface area (Å²) in [6, 6.07) is 6.78. The maximum atomic E-state index is 11.7. The van der Waals surface area contributed by atoms with Crippen LogP contribution in [0.3, 0.4) is 0 Å². The van der Waals surface area contributed by atoms with Crippen LogP contribution >= 0.6 is 11.6 Å². The molecule has 0 bridgehead atoms. The molecule has 0 aliphatic rings. The van der Waals surface area contributed by atoms with Crippen LogP contribution in [0, 0.1) is 0 Å². The van der Waals surface area contributed by atoms with Gasteiger partial charge in [0.15, 0.2) is 5.76 Å². The van der Waals surface area contributed by atoms with E-state index in [4.69, 9.17) is 21.2 Å². The van der Waals surface area contributed by atoms with Crippen molar-refractivity contribution in [3.05, 3.63) is 47.4 Å². The number of hydrogen-bond acceptors (Lipinski definition) is 4. The van der Waals surface area contributed by atoms with Crippen LogP contribution in [0.2, 0.25) is 5.02 Å². The summed E-state index contributed by atoms with van der Waals surface area (Å²) >= 11 is 5.87. The Bertz CT molecular complexity index is 710. The maximum absolute atomic E-state index is 11.7. The first kappa shape index (κ1) is 13.6. The van der Waals surface area contributed by atoms with E-state index in [0.29, 0.717) is 0 Å². The van der Waals surface area contributed by atoms with Crippen LogP contribution in [0.25, 0.3) is 0 Å². The van der Waals surface area contributed by atoms with Crippen molar-refractivity contribution in [2.24, 2.45) is 5.14 Å². The normalized spacial score (nSPS) is 11.3. The van der Waals surface area contributed by atoms with Gasteiger partial charge in [-0.05, 0) is 30.3 Å². The van der Waals surface area contributed by atoms with Crippen LogP contribution in [0.4, 0.5) is 5.69 Å². The minimum Gasteiger partial charge on any atom is -0.459 e. The van der Waals surface area contributed by atoms with Crippen LogP contribution in [0.1, 0.15) is 10.6 Å². The number of nitrogens with two attached hydrogens (primary N) is 1. The number of sulfonamides is 1. The Morgan fingerprint density at radius 2 is 2.05 bits per heavy atom. The molecule has 3 N–H and O–H groups in total. The van der Waals surface area contributed by atoms with Gasteiger partial charge in [-0.15, -0.1) is 0 Å². The number of halogens is 1. The number of amides is 1. The molecule has 0 spiro atoms. The highest BCUT2D eigenvalue weighted by atomic mass is 35.5. The zero-order valence-electron chi connectivity index (χ0n) is 9.46. The molecule has 0 aliphatic heterocycles. The Hall–Kier alpha value is -1.83. The Labute approximate surface area is 114 Å². The molecule has 0 saturated heterocycles. The van der Waals surface area contributed by atoms with E-state index in [1.165, 1.54) is 30.5 Å².